The summed E-state index contributed by atoms with van der Waals surface area (Å²) in [5.41, 5.74) is 1.73. The van der Waals surface area contributed by atoms with E-state index in [1.807, 2.05) is 34.9 Å². The van der Waals surface area contributed by atoms with Gasteiger partial charge in [0.25, 0.3) is 5.56 Å². The van der Waals surface area contributed by atoms with Gasteiger partial charge in [-0.15, -0.1) is 11.8 Å². The van der Waals surface area contributed by atoms with Crippen molar-refractivity contribution in [1.82, 2.24) is 9.55 Å². The van der Waals surface area contributed by atoms with E-state index in [1.54, 1.807) is 11.8 Å². The molecule has 0 bridgehead atoms. The van der Waals surface area contributed by atoms with Crippen LogP contribution in [0.5, 0.6) is 0 Å². The topological polar surface area (TPSA) is 52.0 Å². The first-order valence-electron chi connectivity index (χ1n) is 9.66. The second kappa shape index (κ2) is 8.23. The Morgan fingerprint density at radius 1 is 1.22 bits per heavy atom. The minimum atomic E-state index is 0.0771. The number of hydrogen-bond donors (Lipinski definition) is 0. The quantitative estimate of drug-likeness (QED) is 0.411. The molecule has 1 aromatic heterocycles. The minimum absolute atomic E-state index is 0.0771. The van der Waals surface area contributed by atoms with Crippen molar-refractivity contribution in [3.8, 4) is 0 Å². The van der Waals surface area contributed by atoms with Gasteiger partial charge < -0.3 is 0 Å². The van der Waals surface area contributed by atoms with Gasteiger partial charge in [0.05, 0.1) is 16.3 Å². The van der Waals surface area contributed by atoms with Crippen LogP contribution in [-0.2, 0) is 6.42 Å². The van der Waals surface area contributed by atoms with Crippen LogP contribution in [-0.4, -0.2) is 26.3 Å². The Morgan fingerprint density at radius 3 is 2.70 bits per heavy atom. The van der Waals surface area contributed by atoms with Crippen molar-refractivity contribution in [1.29, 1.82) is 0 Å². The van der Waals surface area contributed by atoms with Crippen molar-refractivity contribution in [3.05, 3.63) is 51.9 Å². The summed E-state index contributed by atoms with van der Waals surface area (Å²) < 4.78 is 1.91. The van der Waals surface area contributed by atoms with Gasteiger partial charge >= 0.3 is 0 Å². The van der Waals surface area contributed by atoms with Gasteiger partial charge in [0.15, 0.2) is 10.9 Å². The molecular weight excluding hydrogens is 376 g/mol. The highest BCUT2D eigenvalue weighted by molar-refractivity contribution is 8.00. The monoisotopic (exact) mass is 400 g/mol. The van der Waals surface area contributed by atoms with Crippen LogP contribution in [0, 0.1) is 0 Å². The van der Waals surface area contributed by atoms with Crippen molar-refractivity contribution < 1.29 is 4.79 Å². The number of aromatic nitrogens is 2. The average molecular weight is 401 g/mol. The molecule has 2 aliphatic rings. The molecule has 142 valence electrons. The summed E-state index contributed by atoms with van der Waals surface area (Å²) in [5, 5.41) is 1.12. The Balaban J connectivity index is 1.64. The van der Waals surface area contributed by atoms with Gasteiger partial charge in [-0.1, -0.05) is 68.3 Å². The SMILES string of the molecule is CC1Cc2nc(SCC(=O)c3ccccc3)n(C3CCCCC3)c(=O)c2S1. The van der Waals surface area contributed by atoms with E-state index < -0.39 is 0 Å². The molecule has 1 aliphatic heterocycles. The molecule has 0 amide bonds. The minimum Gasteiger partial charge on any atom is -0.293 e. The predicted octanol–water partition coefficient (Wildman–Crippen LogP) is 4.76. The lowest BCUT2D eigenvalue weighted by atomic mass is 9.95. The van der Waals surface area contributed by atoms with Gasteiger partial charge in [-0.25, -0.2) is 4.98 Å². The normalized spacial score (nSPS) is 19.8. The first-order chi connectivity index (χ1) is 13.1. The van der Waals surface area contributed by atoms with E-state index in [-0.39, 0.29) is 17.4 Å². The first kappa shape index (κ1) is 18.8. The zero-order valence-electron chi connectivity index (χ0n) is 15.5. The zero-order valence-corrected chi connectivity index (χ0v) is 17.2. The van der Waals surface area contributed by atoms with Gasteiger partial charge in [-0.2, -0.15) is 0 Å². The highest BCUT2D eigenvalue weighted by Gasteiger charge is 2.29. The lowest BCUT2D eigenvalue weighted by molar-refractivity contribution is 0.102. The number of carbonyl (C=O) groups is 1. The molecule has 0 spiro atoms. The molecule has 1 aliphatic carbocycles. The average Bonchev–Trinajstić information content (AvgIpc) is 3.08. The molecule has 1 saturated carbocycles. The van der Waals surface area contributed by atoms with Crippen molar-refractivity contribution in [2.45, 2.75) is 66.8 Å². The Hall–Kier alpha value is -1.53. The van der Waals surface area contributed by atoms with E-state index in [2.05, 4.69) is 6.92 Å². The number of ketones is 1. The Kier molecular flexibility index (Phi) is 5.74. The van der Waals surface area contributed by atoms with Crippen molar-refractivity contribution in [2.24, 2.45) is 0 Å². The maximum Gasteiger partial charge on any atom is 0.268 e. The summed E-state index contributed by atoms with van der Waals surface area (Å²) in [5.74, 6) is 0.387. The van der Waals surface area contributed by atoms with Gasteiger partial charge in [0, 0.05) is 23.3 Å². The van der Waals surface area contributed by atoms with E-state index in [9.17, 15) is 9.59 Å². The Bertz CT molecular complexity index is 889. The predicted molar refractivity (Wildman–Crippen MR) is 111 cm³/mol. The van der Waals surface area contributed by atoms with Crippen LogP contribution >= 0.6 is 23.5 Å². The van der Waals surface area contributed by atoms with Crippen LogP contribution in [0.3, 0.4) is 0 Å². The van der Waals surface area contributed by atoms with E-state index in [4.69, 9.17) is 4.98 Å². The zero-order chi connectivity index (χ0) is 18.8. The molecule has 4 nitrogen and oxygen atoms in total. The largest absolute Gasteiger partial charge is 0.293 e. The van der Waals surface area contributed by atoms with E-state index in [0.29, 0.717) is 16.6 Å². The smallest absolute Gasteiger partial charge is 0.268 e. The molecule has 6 heteroatoms. The second-order valence-corrected chi connectivity index (χ2v) is 9.74. The van der Waals surface area contributed by atoms with Gasteiger partial charge in [0.2, 0.25) is 0 Å². The standard InChI is InChI=1S/C21H24N2O2S2/c1-14-12-17-19(27-14)20(25)23(16-10-6-3-7-11-16)21(22-17)26-13-18(24)15-8-4-2-5-9-15/h2,4-5,8-9,14,16H,3,6-7,10-13H2,1H3. The third-order valence-electron chi connectivity index (χ3n) is 5.28. The molecule has 2 aromatic rings. The molecule has 1 fully saturated rings. The third kappa shape index (κ3) is 4.02. The Morgan fingerprint density at radius 2 is 1.96 bits per heavy atom. The van der Waals surface area contributed by atoms with Gasteiger partial charge in [-0.05, 0) is 12.8 Å². The van der Waals surface area contributed by atoms with Crippen LogP contribution in [0.4, 0.5) is 0 Å². The molecule has 0 saturated heterocycles. The summed E-state index contributed by atoms with van der Waals surface area (Å²) in [7, 11) is 0. The Labute approximate surface area is 168 Å². The summed E-state index contributed by atoms with van der Waals surface area (Å²) in [6.07, 6.45) is 6.45. The number of nitrogens with zero attached hydrogens (tertiary/aromatic N) is 2. The van der Waals surface area contributed by atoms with Gasteiger partial charge in [-0.3, -0.25) is 14.2 Å². The lowest BCUT2D eigenvalue weighted by Crippen LogP contribution is -2.30. The third-order valence-corrected chi connectivity index (χ3v) is 7.45. The number of carbonyl (C=O) groups excluding carboxylic acids is 1. The highest BCUT2D eigenvalue weighted by Crippen LogP contribution is 2.37. The molecular formula is C21H24N2O2S2. The number of thioether (sulfide) groups is 2. The number of rotatable bonds is 5. The van der Waals surface area contributed by atoms with Crippen LogP contribution in [0.25, 0.3) is 0 Å². The second-order valence-electron chi connectivity index (χ2n) is 7.35. The lowest BCUT2D eigenvalue weighted by Gasteiger charge is -2.26. The fraction of sp³-hybridized carbons (Fsp3) is 0.476. The number of benzene rings is 1. The summed E-state index contributed by atoms with van der Waals surface area (Å²) >= 11 is 3.07. The molecule has 0 radical (unpaired) electrons. The van der Waals surface area contributed by atoms with Gasteiger partial charge in [0.1, 0.15) is 0 Å². The van der Waals surface area contributed by atoms with Crippen LogP contribution in [0.15, 0.2) is 45.2 Å². The fourth-order valence-corrected chi connectivity index (χ4v) is 5.99. The summed E-state index contributed by atoms with van der Waals surface area (Å²) in [4.78, 5) is 31.5. The van der Waals surface area contributed by atoms with Crippen molar-refractivity contribution in [2.75, 3.05) is 5.75 Å². The maximum absolute atomic E-state index is 13.2. The van der Waals surface area contributed by atoms with E-state index >= 15 is 0 Å². The molecule has 1 aromatic carbocycles. The van der Waals surface area contributed by atoms with Crippen molar-refractivity contribution >= 4 is 29.3 Å². The fourth-order valence-electron chi connectivity index (χ4n) is 3.91. The molecule has 27 heavy (non-hydrogen) atoms. The van der Waals surface area contributed by atoms with E-state index in [0.717, 1.165) is 47.8 Å². The highest BCUT2D eigenvalue weighted by atomic mass is 32.2. The summed E-state index contributed by atoms with van der Waals surface area (Å²) in [6, 6.07) is 9.56. The van der Waals surface area contributed by atoms with Crippen LogP contribution in [0.1, 0.15) is 61.1 Å². The maximum atomic E-state index is 13.2. The summed E-state index contributed by atoms with van der Waals surface area (Å²) in [6.45, 7) is 2.14. The van der Waals surface area contributed by atoms with Crippen molar-refractivity contribution in [3.63, 3.8) is 0 Å². The van der Waals surface area contributed by atoms with E-state index in [1.165, 1.54) is 18.2 Å². The molecule has 1 atom stereocenters. The molecule has 4 rings (SSSR count). The number of hydrogen-bond acceptors (Lipinski definition) is 5. The van der Waals surface area contributed by atoms with Crippen LogP contribution in [0.2, 0.25) is 0 Å². The molecule has 0 N–H and O–H groups in total. The van der Waals surface area contributed by atoms with Crippen LogP contribution < -0.4 is 5.56 Å². The number of fused-ring (bicyclic) bond motifs is 1. The first-order valence-corrected chi connectivity index (χ1v) is 11.5. The molecule has 2 heterocycles. The molecule has 1 unspecified atom stereocenters. The number of Topliss-reactive ketones (excluding diaryl/α,β-unsaturated/α-hetero) is 1.